The first-order valence-electron chi connectivity index (χ1n) is 8.63. The van der Waals surface area contributed by atoms with Crippen LogP contribution in [0.4, 0.5) is 0 Å². The molecular formula is C21H21N3O4. The predicted molar refractivity (Wildman–Crippen MR) is 105 cm³/mol. The van der Waals surface area contributed by atoms with E-state index in [0.717, 1.165) is 5.56 Å². The van der Waals surface area contributed by atoms with Crippen molar-refractivity contribution in [1.29, 1.82) is 0 Å². The second-order valence-corrected chi connectivity index (χ2v) is 6.79. The fraction of sp³-hybridized carbons (Fsp3) is 0.190. The average molecular weight is 379 g/mol. The number of phenolic OH excluding ortho intramolecular Hbond substituents is 1. The van der Waals surface area contributed by atoms with Gasteiger partial charge in [0.05, 0.1) is 19.0 Å². The summed E-state index contributed by atoms with van der Waals surface area (Å²) in [6.45, 7) is 3.26. The largest absolute Gasteiger partial charge is 0.504 e. The zero-order valence-electron chi connectivity index (χ0n) is 15.8. The monoisotopic (exact) mass is 379 g/mol. The summed E-state index contributed by atoms with van der Waals surface area (Å²) in [5.74, 6) is 0.194. The first-order valence-corrected chi connectivity index (χ1v) is 8.63. The zero-order valence-corrected chi connectivity index (χ0v) is 15.8. The molecule has 0 aliphatic heterocycles. The van der Waals surface area contributed by atoms with Gasteiger partial charge in [0, 0.05) is 5.56 Å². The van der Waals surface area contributed by atoms with Crippen molar-refractivity contribution in [2.45, 2.75) is 19.4 Å². The second kappa shape index (κ2) is 7.66. The Morgan fingerprint density at radius 1 is 1.21 bits per heavy atom. The topological polar surface area (TPSA) is 97.5 Å². The lowest BCUT2D eigenvalue weighted by molar-refractivity contribution is 0.0737. The fourth-order valence-corrected chi connectivity index (χ4v) is 2.54. The maximum absolute atomic E-state index is 12.5. The van der Waals surface area contributed by atoms with Gasteiger partial charge in [0.15, 0.2) is 17.3 Å². The Balaban J connectivity index is 1.82. The van der Waals surface area contributed by atoms with Crippen LogP contribution in [-0.2, 0) is 5.60 Å². The van der Waals surface area contributed by atoms with E-state index >= 15 is 0 Å². The number of benzene rings is 2. The van der Waals surface area contributed by atoms with Crippen molar-refractivity contribution in [3.8, 4) is 17.2 Å². The predicted octanol–water partition coefficient (Wildman–Crippen LogP) is 3.11. The van der Waals surface area contributed by atoms with Gasteiger partial charge in [-0.25, -0.2) is 4.68 Å². The molecular weight excluding hydrogens is 358 g/mol. The summed E-state index contributed by atoms with van der Waals surface area (Å²) in [7, 11) is 1.46. The summed E-state index contributed by atoms with van der Waals surface area (Å²) < 4.78 is 6.58. The van der Waals surface area contributed by atoms with Crippen LogP contribution in [0.2, 0.25) is 0 Å². The van der Waals surface area contributed by atoms with Crippen LogP contribution >= 0.6 is 0 Å². The SMILES string of the molecule is COc1cc(/C=C/C(=O)c2cccc(-n3cc(C(C)(C)O)nn3)c2)ccc1O. The highest BCUT2D eigenvalue weighted by Gasteiger charge is 2.20. The van der Waals surface area contributed by atoms with Crippen LogP contribution in [0.3, 0.4) is 0 Å². The Labute approximate surface area is 162 Å². The highest BCUT2D eigenvalue weighted by Crippen LogP contribution is 2.26. The van der Waals surface area contributed by atoms with Gasteiger partial charge in [-0.05, 0) is 49.8 Å². The number of ketones is 1. The van der Waals surface area contributed by atoms with E-state index in [0.29, 0.717) is 22.7 Å². The minimum absolute atomic E-state index is 0.0388. The molecule has 0 fully saturated rings. The summed E-state index contributed by atoms with van der Waals surface area (Å²) in [5.41, 5.74) is 1.21. The van der Waals surface area contributed by atoms with Crippen LogP contribution < -0.4 is 4.74 Å². The maximum Gasteiger partial charge on any atom is 0.185 e. The zero-order chi connectivity index (χ0) is 20.3. The summed E-state index contributed by atoms with van der Waals surface area (Å²) in [6.07, 6.45) is 4.73. The molecule has 1 aromatic heterocycles. The molecule has 0 aliphatic carbocycles. The molecule has 0 aliphatic rings. The molecule has 0 unspecified atom stereocenters. The Bertz CT molecular complexity index is 1030. The van der Waals surface area contributed by atoms with E-state index in [9.17, 15) is 15.0 Å². The van der Waals surface area contributed by atoms with Crippen LogP contribution in [0.25, 0.3) is 11.8 Å². The van der Waals surface area contributed by atoms with E-state index in [1.807, 2.05) is 0 Å². The molecule has 2 aromatic carbocycles. The molecule has 3 aromatic rings. The number of carbonyl (C=O) groups excluding carboxylic acids is 1. The van der Waals surface area contributed by atoms with E-state index in [1.54, 1.807) is 62.5 Å². The molecule has 0 radical (unpaired) electrons. The van der Waals surface area contributed by atoms with Gasteiger partial charge in [-0.15, -0.1) is 5.10 Å². The third kappa shape index (κ3) is 4.27. The molecule has 144 valence electrons. The molecule has 0 amide bonds. The lowest BCUT2D eigenvalue weighted by atomic mass is 10.1. The third-order valence-electron chi connectivity index (χ3n) is 4.15. The number of aromatic nitrogens is 3. The molecule has 3 rings (SSSR count). The first kappa shape index (κ1) is 19.3. The molecule has 1 heterocycles. The summed E-state index contributed by atoms with van der Waals surface area (Å²) >= 11 is 0. The molecule has 28 heavy (non-hydrogen) atoms. The van der Waals surface area contributed by atoms with Crippen LogP contribution in [-0.4, -0.2) is 38.1 Å². The van der Waals surface area contributed by atoms with E-state index in [4.69, 9.17) is 4.74 Å². The van der Waals surface area contributed by atoms with E-state index in [1.165, 1.54) is 23.9 Å². The number of allylic oxidation sites excluding steroid dienone is 1. The molecule has 0 atom stereocenters. The molecule has 7 heteroatoms. The fourth-order valence-electron chi connectivity index (χ4n) is 2.54. The minimum Gasteiger partial charge on any atom is -0.504 e. The van der Waals surface area contributed by atoms with Gasteiger partial charge in [0.1, 0.15) is 11.3 Å². The lowest BCUT2D eigenvalue weighted by Crippen LogP contribution is -2.15. The van der Waals surface area contributed by atoms with Crippen LogP contribution in [0.5, 0.6) is 11.5 Å². The van der Waals surface area contributed by atoms with Crippen molar-refractivity contribution in [3.63, 3.8) is 0 Å². The van der Waals surface area contributed by atoms with E-state index < -0.39 is 5.60 Å². The van der Waals surface area contributed by atoms with Crippen LogP contribution in [0.15, 0.2) is 54.7 Å². The third-order valence-corrected chi connectivity index (χ3v) is 4.15. The highest BCUT2D eigenvalue weighted by molar-refractivity contribution is 6.07. The number of phenols is 1. The van der Waals surface area contributed by atoms with E-state index in [-0.39, 0.29) is 11.5 Å². The van der Waals surface area contributed by atoms with Crippen molar-refractivity contribution >= 4 is 11.9 Å². The van der Waals surface area contributed by atoms with Crippen LogP contribution in [0.1, 0.15) is 35.5 Å². The van der Waals surface area contributed by atoms with Crippen molar-refractivity contribution in [2.24, 2.45) is 0 Å². The Kier molecular flexibility index (Phi) is 5.28. The Hall–Kier alpha value is -3.45. The number of rotatable bonds is 6. The summed E-state index contributed by atoms with van der Waals surface area (Å²) in [5, 5.41) is 27.6. The van der Waals surface area contributed by atoms with Crippen molar-refractivity contribution in [3.05, 3.63) is 71.6 Å². The molecule has 2 N–H and O–H groups in total. The normalized spacial score (nSPS) is 11.7. The quantitative estimate of drug-likeness (QED) is 0.504. The molecule has 0 saturated carbocycles. The van der Waals surface area contributed by atoms with Gasteiger partial charge in [-0.2, -0.15) is 0 Å². The standard InChI is InChI=1S/C21H21N3O4/c1-21(2,27)20-13-24(23-22-20)16-6-4-5-15(12-16)17(25)9-7-14-8-10-18(26)19(11-14)28-3/h4-13,26-27H,1-3H3/b9-7+. The van der Waals surface area contributed by atoms with Crippen molar-refractivity contribution in [2.75, 3.05) is 7.11 Å². The summed E-state index contributed by atoms with van der Waals surface area (Å²) in [6, 6.07) is 11.8. The number of hydrogen-bond donors (Lipinski definition) is 2. The van der Waals surface area contributed by atoms with Crippen molar-refractivity contribution < 1.29 is 19.7 Å². The second-order valence-electron chi connectivity index (χ2n) is 6.79. The number of aromatic hydroxyl groups is 1. The number of aliphatic hydroxyl groups is 1. The van der Waals surface area contributed by atoms with Gasteiger partial charge < -0.3 is 14.9 Å². The van der Waals surface area contributed by atoms with E-state index in [2.05, 4.69) is 10.3 Å². The molecule has 7 nitrogen and oxygen atoms in total. The number of nitrogens with zero attached hydrogens (tertiary/aromatic N) is 3. The highest BCUT2D eigenvalue weighted by atomic mass is 16.5. The van der Waals surface area contributed by atoms with Gasteiger partial charge in [-0.3, -0.25) is 4.79 Å². The molecule has 0 spiro atoms. The first-order chi connectivity index (χ1) is 13.3. The van der Waals surface area contributed by atoms with Gasteiger partial charge >= 0.3 is 0 Å². The van der Waals surface area contributed by atoms with Crippen LogP contribution in [0, 0.1) is 0 Å². The molecule has 0 saturated heterocycles. The number of methoxy groups -OCH3 is 1. The number of carbonyl (C=O) groups is 1. The summed E-state index contributed by atoms with van der Waals surface area (Å²) in [4.78, 5) is 12.5. The number of ether oxygens (including phenoxy) is 1. The maximum atomic E-state index is 12.5. The molecule has 0 bridgehead atoms. The minimum atomic E-state index is -1.10. The number of hydrogen-bond acceptors (Lipinski definition) is 6. The van der Waals surface area contributed by atoms with Gasteiger partial charge in [-0.1, -0.05) is 29.5 Å². The van der Waals surface area contributed by atoms with Gasteiger partial charge in [0.2, 0.25) is 0 Å². The van der Waals surface area contributed by atoms with Gasteiger partial charge in [0.25, 0.3) is 0 Å². The Morgan fingerprint density at radius 3 is 2.68 bits per heavy atom. The van der Waals surface area contributed by atoms with Crippen molar-refractivity contribution in [1.82, 2.24) is 15.0 Å². The lowest BCUT2D eigenvalue weighted by Gasteiger charge is -2.11. The average Bonchev–Trinajstić information content (AvgIpc) is 3.18. The Morgan fingerprint density at radius 2 is 2.00 bits per heavy atom. The smallest absolute Gasteiger partial charge is 0.185 e.